The summed E-state index contributed by atoms with van der Waals surface area (Å²) in [5.41, 5.74) is 1.52. The quantitative estimate of drug-likeness (QED) is 0.817. The van der Waals surface area contributed by atoms with Gasteiger partial charge in [-0.15, -0.1) is 0 Å². The maximum Gasteiger partial charge on any atom is 0.307 e. The molecule has 1 aromatic rings. The van der Waals surface area contributed by atoms with E-state index in [0.717, 1.165) is 24.0 Å². The van der Waals surface area contributed by atoms with Crippen LogP contribution in [-0.2, 0) is 11.2 Å². The van der Waals surface area contributed by atoms with Crippen molar-refractivity contribution in [1.29, 1.82) is 0 Å². The van der Waals surface area contributed by atoms with Crippen LogP contribution in [0.4, 0.5) is 0 Å². The molecule has 0 amide bonds. The third-order valence-electron chi connectivity index (χ3n) is 3.31. The number of hydrogen-bond donors (Lipinski definition) is 2. The Kier molecular flexibility index (Phi) is 3.25. The molecular formula is C13H16O3. The van der Waals surface area contributed by atoms with Gasteiger partial charge in [0.15, 0.2) is 0 Å². The summed E-state index contributed by atoms with van der Waals surface area (Å²) in [5.74, 6) is -0.539. The number of hydrogen-bond acceptors (Lipinski definition) is 2. The Labute approximate surface area is 94.7 Å². The first-order valence-corrected chi connectivity index (χ1v) is 5.66. The second-order valence-corrected chi connectivity index (χ2v) is 4.41. The number of aliphatic hydroxyl groups excluding tert-OH is 1. The van der Waals surface area contributed by atoms with Crippen LogP contribution >= 0.6 is 0 Å². The monoisotopic (exact) mass is 220 g/mol. The summed E-state index contributed by atoms with van der Waals surface area (Å²) in [4.78, 5) is 10.7. The molecule has 1 unspecified atom stereocenters. The van der Waals surface area contributed by atoms with Crippen molar-refractivity contribution in [1.82, 2.24) is 0 Å². The van der Waals surface area contributed by atoms with Gasteiger partial charge in [-0.05, 0) is 29.9 Å². The van der Waals surface area contributed by atoms with Gasteiger partial charge < -0.3 is 10.2 Å². The molecule has 1 atom stereocenters. The predicted molar refractivity (Wildman–Crippen MR) is 60.1 cm³/mol. The van der Waals surface area contributed by atoms with Crippen molar-refractivity contribution in [2.45, 2.75) is 31.8 Å². The molecule has 0 aromatic heterocycles. The average molecular weight is 220 g/mol. The van der Waals surface area contributed by atoms with Crippen LogP contribution in [0.2, 0.25) is 0 Å². The number of aliphatic hydroxyl groups is 1. The smallest absolute Gasteiger partial charge is 0.307 e. The van der Waals surface area contributed by atoms with Gasteiger partial charge in [-0.3, -0.25) is 4.79 Å². The first-order valence-electron chi connectivity index (χ1n) is 5.66. The minimum absolute atomic E-state index is 0.0139. The molecule has 16 heavy (non-hydrogen) atoms. The van der Waals surface area contributed by atoms with Gasteiger partial charge >= 0.3 is 5.97 Å². The SMILES string of the molecule is O=C(O)Cc1ccccc1C(O)C1CCC1. The molecule has 0 bridgehead atoms. The fraction of sp³-hybridized carbons (Fsp3) is 0.462. The van der Waals surface area contributed by atoms with E-state index in [-0.39, 0.29) is 6.42 Å². The van der Waals surface area contributed by atoms with Crippen molar-refractivity contribution in [3.8, 4) is 0 Å². The van der Waals surface area contributed by atoms with Crippen LogP contribution in [0.15, 0.2) is 24.3 Å². The van der Waals surface area contributed by atoms with Gasteiger partial charge in [0, 0.05) is 0 Å². The van der Waals surface area contributed by atoms with E-state index >= 15 is 0 Å². The number of rotatable bonds is 4. The molecule has 0 heterocycles. The highest BCUT2D eigenvalue weighted by Gasteiger charge is 2.28. The number of carboxylic acids is 1. The van der Waals surface area contributed by atoms with Crippen LogP contribution in [0.25, 0.3) is 0 Å². The average Bonchev–Trinajstić information content (AvgIpc) is 2.14. The van der Waals surface area contributed by atoms with Crippen molar-refractivity contribution in [2.75, 3.05) is 0 Å². The highest BCUT2D eigenvalue weighted by Crippen LogP contribution is 2.38. The molecule has 3 heteroatoms. The largest absolute Gasteiger partial charge is 0.481 e. The summed E-state index contributed by atoms with van der Waals surface area (Å²) in [5, 5.41) is 18.9. The molecule has 0 saturated heterocycles. The third kappa shape index (κ3) is 2.25. The normalized spacial score (nSPS) is 17.8. The number of aliphatic carboxylic acids is 1. The van der Waals surface area contributed by atoms with Gasteiger partial charge in [0.2, 0.25) is 0 Å². The van der Waals surface area contributed by atoms with Gasteiger partial charge in [-0.25, -0.2) is 0 Å². The van der Waals surface area contributed by atoms with Gasteiger partial charge in [0.25, 0.3) is 0 Å². The molecule has 3 nitrogen and oxygen atoms in total. The van der Waals surface area contributed by atoms with Crippen molar-refractivity contribution < 1.29 is 15.0 Å². The maximum absolute atomic E-state index is 10.7. The molecule has 0 radical (unpaired) electrons. The standard InChI is InChI=1S/C13H16O3/c14-12(15)8-10-4-1-2-7-11(10)13(16)9-5-3-6-9/h1-2,4,7,9,13,16H,3,5-6,8H2,(H,14,15). The van der Waals surface area contributed by atoms with Crippen molar-refractivity contribution in [2.24, 2.45) is 5.92 Å². The minimum atomic E-state index is -0.853. The summed E-state index contributed by atoms with van der Waals surface area (Å²) >= 11 is 0. The lowest BCUT2D eigenvalue weighted by atomic mass is 9.77. The molecule has 2 rings (SSSR count). The highest BCUT2D eigenvalue weighted by molar-refractivity contribution is 5.70. The van der Waals surface area contributed by atoms with Crippen LogP contribution in [0, 0.1) is 5.92 Å². The molecule has 0 aliphatic heterocycles. The van der Waals surface area contributed by atoms with Crippen molar-refractivity contribution >= 4 is 5.97 Å². The maximum atomic E-state index is 10.7. The highest BCUT2D eigenvalue weighted by atomic mass is 16.4. The predicted octanol–water partition coefficient (Wildman–Crippen LogP) is 2.15. The zero-order valence-corrected chi connectivity index (χ0v) is 9.10. The Balaban J connectivity index is 2.20. The Morgan fingerprint density at radius 1 is 1.38 bits per heavy atom. The second kappa shape index (κ2) is 4.66. The van der Waals surface area contributed by atoms with E-state index in [1.807, 2.05) is 18.2 Å². The Bertz CT molecular complexity index is 383. The van der Waals surface area contributed by atoms with Crippen LogP contribution in [-0.4, -0.2) is 16.2 Å². The zero-order chi connectivity index (χ0) is 11.5. The first-order chi connectivity index (χ1) is 7.68. The van der Waals surface area contributed by atoms with Gasteiger partial charge in [-0.1, -0.05) is 30.7 Å². The fourth-order valence-corrected chi connectivity index (χ4v) is 2.16. The lowest BCUT2D eigenvalue weighted by Gasteiger charge is -2.31. The topological polar surface area (TPSA) is 57.5 Å². The summed E-state index contributed by atoms with van der Waals surface area (Å²) in [6.45, 7) is 0. The Hall–Kier alpha value is -1.35. The van der Waals surface area contributed by atoms with Crippen LogP contribution < -0.4 is 0 Å². The molecule has 1 aliphatic rings. The van der Waals surface area contributed by atoms with E-state index in [4.69, 9.17) is 5.11 Å². The van der Waals surface area contributed by atoms with Crippen LogP contribution in [0.5, 0.6) is 0 Å². The summed E-state index contributed by atoms with van der Waals surface area (Å²) < 4.78 is 0. The molecule has 0 spiro atoms. The Morgan fingerprint density at radius 2 is 2.06 bits per heavy atom. The molecule has 86 valence electrons. The van der Waals surface area contributed by atoms with E-state index in [9.17, 15) is 9.90 Å². The van der Waals surface area contributed by atoms with E-state index < -0.39 is 12.1 Å². The number of benzene rings is 1. The molecular weight excluding hydrogens is 204 g/mol. The molecule has 1 aromatic carbocycles. The lowest BCUT2D eigenvalue weighted by molar-refractivity contribution is -0.136. The van der Waals surface area contributed by atoms with E-state index in [1.165, 1.54) is 6.42 Å². The van der Waals surface area contributed by atoms with Crippen LogP contribution in [0.1, 0.15) is 36.5 Å². The minimum Gasteiger partial charge on any atom is -0.481 e. The van der Waals surface area contributed by atoms with Crippen molar-refractivity contribution in [3.63, 3.8) is 0 Å². The Morgan fingerprint density at radius 3 is 2.62 bits per heavy atom. The summed E-state index contributed by atoms with van der Waals surface area (Å²) in [6.07, 6.45) is 2.75. The van der Waals surface area contributed by atoms with Gasteiger partial charge in [0.05, 0.1) is 12.5 Å². The molecule has 2 N–H and O–H groups in total. The molecule has 1 saturated carbocycles. The van der Waals surface area contributed by atoms with Gasteiger partial charge in [-0.2, -0.15) is 0 Å². The third-order valence-corrected chi connectivity index (χ3v) is 3.31. The summed E-state index contributed by atoms with van der Waals surface area (Å²) in [6, 6.07) is 7.28. The fourth-order valence-electron chi connectivity index (χ4n) is 2.16. The van der Waals surface area contributed by atoms with E-state index in [0.29, 0.717) is 5.92 Å². The van der Waals surface area contributed by atoms with Crippen LogP contribution in [0.3, 0.4) is 0 Å². The second-order valence-electron chi connectivity index (χ2n) is 4.41. The first kappa shape index (κ1) is 11.1. The van der Waals surface area contributed by atoms with Gasteiger partial charge in [0.1, 0.15) is 0 Å². The summed E-state index contributed by atoms with van der Waals surface area (Å²) in [7, 11) is 0. The lowest BCUT2D eigenvalue weighted by Crippen LogP contribution is -2.21. The number of carboxylic acid groups (broad SMARTS) is 1. The van der Waals surface area contributed by atoms with E-state index in [1.54, 1.807) is 6.07 Å². The zero-order valence-electron chi connectivity index (χ0n) is 9.10. The van der Waals surface area contributed by atoms with Crippen molar-refractivity contribution in [3.05, 3.63) is 35.4 Å². The number of carbonyl (C=O) groups is 1. The molecule has 1 aliphatic carbocycles. The molecule has 1 fully saturated rings. The van der Waals surface area contributed by atoms with E-state index in [2.05, 4.69) is 0 Å².